The lowest BCUT2D eigenvalue weighted by atomic mass is 10.1. The van der Waals surface area contributed by atoms with Gasteiger partial charge in [0.25, 0.3) is 0 Å². The lowest BCUT2D eigenvalue weighted by Gasteiger charge is -2.16. The topological polar surface area (TPSA) is 58.4 Å². The minimum Gasteiger partial charge on any atom is -0.353 e. The fourth-order valence-electron chi connectivity index (χ4n) is 2.27. The molecule has 0 spiro atoms. The van der Waals surface area contributed by atoms with Gasteiger partial charge in [0.05, 0.1) is 0 Å². The lowest BCUT2D eigenvalue weighted by Crippen LogP contribution is -2.38. The number of amides is 1. The van der Waals surface area contributed by atoms with Crippen molar-refractivity contribution >= 4 is 5.91 Å². The van der Waals surface area contributed by atoms with E-state index in [4.69, 9.17) is 5.73 Å². The van der Waals surface area contributed by atoms with E-state index < -0.39 is 6.04 Å². The Morgan fingerprint density at radius 1 is 1.28 bits per heavy atom. The maximum atomic E-state index is 11.9. The number of hydrogen-bond donors (Lipinski definition) is 2. The molecule has 1 aliphatic heterocycles. The van der Waals surface area contributed by atoms with E-state index in [0.29, 0.717) is 6.54 Å². The SMILES string of the molecule is N[C@H](C(=O)NCCN1CCCC1)c1ccccc1. The van der Waals surface area contributed by atoms with Gasteiger partial charge in [0.2, 0.25) is 5.91 Å². The Labute approximate surface area is 108 Å². The molecule has 0 radical (unpaired) electrons. The molecule has 0 bridgehead atoms. The zero-order chi connectivity index (χ0) is 12.8. The van der Waals surface area contributed by atoms with E-state index in [9.17, 15) is 4.79 Å². The van der Waals surface area contributed by atoms with Crippen molar-refractivity contribution in [2.24, 2.45) is 5.73 Å². The second-order valence-corrected chi connectivity index (χ2v) is 4.73. The Morgan fingerprint density at radius 2 is 1.94 bits per heavy atom. The van der Waals surface area contributed by atoms with Crippen LogP contribution in [0.15, 0.2) is 30.3 Å². The van der Waals surface area contributed by atoms with Gasteiger partial charge in [-0.3, -0.25) is 4.79 Å². The van der Waals surface area contributed by atoms with Gasteiger partial charge in [0.15, 0.2) is 0 Å². The summed E-state index contributed by atoms with van der Waals surface area (Å²) in [4.78, 5) is 14.2. The number of likely N-dealkylation sites (tertiary alicyclic amines) is 1. The van der Waals surface area contributed by atoms with Crippen molar-refractivity contribution in [1.82, 2.24) is 10.2 Å². The van der Waals surface area contributed by atoms with Crippen LogP contribution in [0.25, 0.3) is 0 Å². The molecule has 1 fully saturated rings. The van der Waals surface area contributed by atoms with Crippen molar-refractivity contribution in [1.29, 1.82) is 0 Å². The smallest absolute Gasteiger partial charge is 0.241 e. The minimum atomic E-state index is -0.565. The molecule has 1 aromatic rings. The number of hydrogen-bond acceptors (Lipinski definition) is 3. The fourth-order valence-corrected chi connectivity index (χ4v) is 2.27. The quantitative estimate of drug-likeness (QED) is 0.812. The van der Waals surface area contributed by atoms with Gasteiger partial charge in [-0.25, -0.2) is 0 Å². The minimum absolute atomic E-state index is 0.0969. The molecule has 0 aromatic heterocycles. The maximum absolute atomic E-state index is 11.9. The molecule has 1 heterocycles. The van der Waals surface area contributed by atoms with Gasteiger partial charge in [-0.05, 0) is 31.5 Å². The van der Waals surface area contributed by atoms with Crippen LogP contribution in [0.2, 0.25) is 0 Å². The zero-order valence-corrected chi connectivity index (χ0v) is 10.6. The summed E-state index contributed by atoms with van der Waals surface area (Å²) >= 11 is 0. The van der Waals surface area contributed by atoms with E-state index in [0.717, 1.165) is 25.2 Å². The second-order valence-electron chi connectivity index (χ2n) is 4.73. The van der Waals surface area contributed by atoms with Crippen molar-refractivity contribution < 1.29 is 4.79 Å². The molecule has 4 nitrogen and oxygen atoms in total. The van der Waals surface area contributed by atoms with E-state index >= 15 is 0 Å². The molecule has 0 unspecified atom stereocenters. The Morgan fingerprint density at radius 3 is 2.61 bits per heavy atom. The Hall–Kier alpha value is -1.39. The average molecular weight is 247 g/mol. The summed E-state index contributed by atoms with van der Waals surface area (Å²) in [5.41, 5.74) is 6.76. The molecule has 3 N–H and O–H groups in total. The van der Waals surface area contributed by atoms with E-state index in [1.807, 2.05) is 30.3 Å². The zero-order valence-electron chi connectivity index (χ0n) is 10.6. The summed E-state index contributed by atoms with van der Waals surface area (Å²) in [6.07, 6.45) is 2.55. The van der Waals surface area contributed by atoms with Crippen LogP contribution in [0, 0.1) is 0 Å². The highest BCUT2D eigenvalue weighted by atomic mass is 16.2. The largest absolute Gasteiger partial charge is 0.353 e. The molecule has 98 valence electrons. The molecule has 1 aliphatic rings. The first-order valence-corrected chi connectivity index (χ1v) is 6.58. The normalized spacial score (nSPS) is 17.6. The number of nitrogens with one attached hydrogen (secondary N) is 1. The molecule has 1 aromatic carbocycles. The third-order valence-corrected chi connectivity index (χ3v) is 3.37. The third kappa shape index (κ3) is 3.55. The molecule has 0 saturated carbocycles. The van der Waals surface area contributed by atoms with Crippen LogP contribution in [-0.2, 0) is 4.79 Å². The fraction of sp³-hybridized carbons (Fsp3) is 0.500. The number of carbonyl (C=O) groups is 1. The Balaban J connectivity index is 1.74. The number of benzene rings is 1. The van der Waals surface area contributed by atoms with E-state index in [1.54, 1.807) is 0 Å². The monoisotopic (exact) mass is 247 g/mol. The van der Waals surface area contributed by atoms with Gasteiger partial charge in [0, 0.05) is 13.1 Å². The number of rotatable bonds is 5. The predicted molar refractivity (Wildman–Crippen MR) is 72.1 cm³/mol. The van der Waals surface area contributed by atoms with Crippen LogP contribution < -0.4 is 11.1 Å². The summed E-state index contributed by atoms with van der Waals surface area (Å²) < 4.78 is 0. The molecule has 1 atom stereocenters. The highest BCUT2D eigenvalue weighted by Crippen LogP contribution is 2.09. The Kier molecular flexibility index (Phi) is 4.73. The molecule has 18 heavy (non-hydrogen) atoms. The van der Waals surface area contributed by atoms with Crippen molar-refractivity contribution in [3.05, 3.63) is 35.9 Å². The first-order valence-electron chi connectivity index (χ1n) is 6.58. The van der Waals surface area contributed by atoms with Gasteiger partial charge < -0.3 is 16.0 Å². The molecular weight excluding hydrogens is 226 g/mol. The van der Waals surface area contributed by atoms with E-state index in [1.165, 1.54) is 12.8 Å². The van der Waals surface area contributed by atoms with Crippen LogP contribution in [0.3, 0.4) is 0 Å². The van der Waals surface area contributed by atoms with Crippen molar-refractivity contribution in [3.63, 3.8) is 0 Å². The lowest BCUT2D eigenvalue weighted by molar-refractivity contribution is -0.122. The van der Waals surface area contributed by atoms with Gasteiger partial charge in [-0.1, -0.05) is 30.3 Å². The van der Waals surface area contributed by atoms with Crippen molar-refractivity contribution in [2.45, 2.75) is 18.9 Å². The number of carbonyl (C=O) groups excluding carboxylic acids is 1. The van der Waals surface area contributed by atoms with Crippen LogP contribution in [0.4, 0.5) is 0 Å². The van der Waals surface area contributed by atoms with Crippen molar-refractivity contribution in [2.75, 3.05) is 26.2 Å². The average Bonchev–Trinajstić information content (AvgIpc) is 2.92. The van der Waals surface area contributed by atoms with E-state index in [-0.39, 0.29) is 5.91 Å². The molecule has 2 rings (SSSR count). The maximum Gasteiger partial charge on any atom is 0.241 e. The van der Waals surface area contributed by atoms with Gasteiger partial charge in [-0.15, -0.1) is 0 Å². The van der Waals surface area contributed by atoms with Crippen molar-refractivity contribution in [3.8, 4) is 0 Å². The molecule has 1 saturated heterocycles. The highest BCUT2D eigenvalue weighted by Gasteiger charge is 2.16. The molecule has 0 aliphatic carbocycles. The summed E-state index contributed by atoms with van der Waals surface area (Å²) in [5, 5.41) is 2.90. The second kappa shape index (κ2) is 6.52. The van der Waals surface area contributed by atoms with Crippen LogP contribution >= 0.6 is 0 Å². The van der Waals surface area contributed by atoms with Crippen LogP contribution in [-0.4, -0.2) is 37.0 Å². The van der Waals surface area contributed by atoms with Crippen LogP contribution in [0.5, 0.6) is 0 Å². The molecule has 4 heteroatoms. The first kappa shape index (κ1) is 13.1. The molecule has 1 amide bonds. The predicted octanol–water partition coefficient (Wildman–Crippen LogP) is 0.898. The highest BCUT2D eigenvalue weighted by molar-refractivity contribution is 5.82. The first-order chi connectivity index (χ1) is 8.77. The summed E-state index contributed by atoms with van der Waals surface area (Å²) in [7, 11) is 0. The van der Waals surface area contributed by atoms with Gasteiger partial charge in [0.1, 0.15) is 6.04 Å². The third-order valence-electron chi connectivity index (χ3n) is 3.37. The number of nitrogens with zero attached hydrogens (tertiary/aromatic N) is 1. The van der Waals surface area contributed by atoms with Gasteiger partial charge >= 0.3 is 0 Å². The van der Waals surface area contributed by atoms with Gasteiger partial charge in [-0.2, -0.15) is 0 Å². The Bertz CT molecular complexity index is 374. The summed E-state index contributed by atoms with van der Waals surface area (Å²) in [6, 6.07) is 8.90. The van der Waals surface area contributed by atoms with Crippen LogP contribution in [0.1, 0.15) is 24.4 Å². The molecular formula is C14H21N3O. The van der Waals surface area contributed by atoms with E-state index in [2.05, 4.69) is 10.2 Å². The summed E-state index contributed by atoms with van der Waals surface area (Å²) in [5.74, 6) is -0.0969. The standard InChI is InChI=1S/C14H21N3O/c15-13(12-6-2-1-3-7-12)14(18)16-8-11-17-9-4-5-10-17/h1-3,6-7,13H,4-5,8-11,15H2,(H,16,18)/t13-/m0/s1. The summed E-state index contributed by atoms with van der Waals surface area (Å²) in [6.45, 7) is 3.91. The number of nitrogens with two attached hydrogens (primary N) is 1.